The fourth-order valence-corrected chi connectivity index (χ4v) is 2.02. The van der Waals surface area contributed by atoms with E-state index in [1.54, 1.807) is 6.08 Å². The van der Waals surface area contributed by atoms with Gasteiger partial charge in [-0.25, -0.2) is 4.68 Å². The highest BCUT2D eigenvalue weighted by Gasteiger charge is 2.18. The van der Waals surface area contributed by atoms with Crippen molar-refractivity contribution in [2.45, 2.75) is 13.5 Å². The molecule has 6 nitrogen and oxygen atoms in total. The van der Waals surface area contributed by atoms with Gasteiger partial charge in [-0.1, -0.05) is 29.8 Å². The van der Waals surface area contributed by atoms with Gasteiger partial charge in [0.15, 0.2) is 0 Å². The molecule has 0 amide bonds. The van der Waals surface area contributed by atoms with E-state index in [1.807, 2.05) is 37.3 Å². The first-order valence-electron chi connectivity index (χ1n) is 6.66. The number of anilines is 1. The lowest BCUT2D eigenvalue weighted by molar-refractivity contribution is 0.270. The van der Waals surface area contributed by atoms with E-state index in [1.165, 1.54) is 4.68 Å². The Kier molecular flexibility index (Phi) is 4.57. The molecule has 2 rings (SSSR count). The Balaban J connectivity index is 2.52. The third-order valence-electron chi connectivity index (χ3n) is 3.18. The van der Waals surface area contributed by atoms with Crippen LogP contribution in [0, 0.1) is 29.6 Å². The van der Waals surface area contributed by atoms with Crippen LogP contribution in [0.4, 0.5) is 5.82 Å². The minimum atomic E-state index is -0.153. The number of hydrogen-bond donors (Lipinski definition) is 2. The minimum absolute atomic E-state index is 0.147. The quantitative estimate of drug-likeness (QED) is 0.833. The van der Waals surface area contributed by atoms with Gasteiger partial charge in [-0.05, 0) is 18.6 Å². The molecule has 110 valence electrons. The monoisotopic (exact) mass is 293 g/mol. The number of aromatic nitrogens is 2. The predicted molar refractivity (Wildman–Crippen MR) is 83.1 cm³/mol. The maximum atomic E-state index is 9.38. The number of nitrogens with zero attached hydrogens (tertiary/aromatic N) is 4. The van der Waals surface area contributed by atoms with Crippen molar-refractivity contribution in [1.82, 2.24) is 9.78 Å². The normalized spacial score (nSPS) is 11.0. The number of nitrogens with two attached hydrogens (primary N) is 1. The van der Waals surface area contributed by atoms with E-state index in [4.69, 9.17) is 10.8 Å². The number of aliphatic hydroxyl groups is 1. The molecule has 6 heteroatoms. The van der Waals surface area contributed by atoms with Crippen LogP contribution in [0.2, 0.25) is 0 Å². The lowest BCUT2D eigenvalue weighted by Gasteiger charge is -1.99. The molecule has 1 aromatic carbocycles. The summed E-state index contributed by atoms with van der Waals surface area (Å²) in [6.07, 6.45) is 1.66. The number of aliphatic hydroxyl groups excluding tert-OH is 1. The molecule has 0 unspecified atom stereocenters. The molecule has 1 heterocycles. The van der Waals surface area contributed by atoms with Crippen molar-refractivity contribution in [2.24, 2.45) is 0 Å². The van der Waals surface area contributed by atoms with Crippen molar-refractivity contribution in [3.63, 3.8) is 0 Å². The summed E-state index contributed by atoms with van der Waals surface area (Å²) in [6, 6.07) is 11.7. The van der Waals surface area contributed by atoms with Gasteiger partial charge in [0.05, 0.1) is 18.7 Å². The molecular formula is C16H15N5O. The standard InChI is InChI=1S/C16H15N5O/c1-11-2-4-12(5-3-11)8-13(9-17)15-14(10-18)16(19)21(20-15)6-7-22/h2-5,8,22H,6-7,19H2,1H3. The van der Waals surface area contributed by atoms with E-state index in [9.17, 15) is 10.5 Å². The molecule has 0 fully saturated rings. The Morgan fingerprint density at radius 1 is 1.36 bits per heavy atom. The van der Waals surface area contributed by atoms with Gasteiger partial charge in [0.25, 0.3) is 0 Å². The predicted octanol–water partition coefficient (Wildman–Crippen LogP) is 1.70. The van der Waals surface area contributed by atoms with Crippen LogP contribution in [-0.4, -0.2) is 21.5 Å². The first kappa shape index (κ1) is 15.3. The summed E-state index contributed by atoms with van der Waals surface area (Å²) in [4.78, 5) is 0. The van der Waals surface area contributed by atoms with E-state index >= 15 is 0 Å². The lowest BCUT2D eigenvalue weighted by Crippen LogP contribution is -2.07. The Bertz CT molecular complexity index is 788. The Labute approximate surface area is 128 Å². The molecule has 0 saturated carbocycles. The molecule has 3 N–H and O–H groups in total. The van der Waals surface area contributed by atoms with Crippen molar-refractivity contribution >= 4 is 17.5 Å². The molecule has 0 spiro atoms. The van der Waals surface area contributed by atoms with Gasteiger partial charge in [0.2, 0.25) is 0 Å². The van der Waals surface area contributed by atoms with E-state index in [0.29, 0.717) is 0 Å². The molecule has 0 bridgehead atoms. The third kappa shape index (κ3) is 2.98. The number of nitriles is 2. The number of rotatable bonds is 4. The average Bonchev–Trinajstić information content (AvgIpc) is 2.83. The van der Waals surface area contributed by atoms with Crippen LogP contribution in [0.25, 0.3) is 11.6 Å². The molecule has 0 atom stereocenters. The second-order valence-corrected chi connectivity index (χ2v) is 4.75. The highest BCUT2D eigenvalue weighted by molar-refractivity contribution is 5.91. The van der Waals surface area contributed by atoms with Crippen LogP contribution in [0.3, 0.4) is 0 Å². The van der Waals surface area contributed by atoms with Gasteiger partial charge in [-0.15, -0.1) is 0 Å². The zero-order valence-electron chi connectivity index (χ0n) is 12.1. The topological polar surface area (TPSA) is 112 Å². The SMILES string of the molecule is Cc1ccc(C=C(C#N)c2nn(CCO)c(N)c2C#N)cc1. The number of benzene rings is 1. The first-order valence-corrected chi connectivity index (χ1v) is 6.66. The van der Waals surface area contributed by atoms with Crippen LogP contribution in [-0.2, 0) is 6.54 Å². The van der Waals surface area contributed by atoms with Gasteiger partial charge in [-0.2, -0.15) is 15.6 Å². The zero-order valence-corrected chi connectivity index (χ0v) is 12.1. The molecule has 0 aliphatic heterocycles. The second-order valence-electron chi connectivity index (χ2n) is 4.75. The van der Waals surface area contributed by atoms with Crippen molar-refractivity contribution in [3.05, 3.63) is 46.6 Å². The van der Waals surface area contributed by atoms with Gasteiger partial charge in [-0.3, -0.25) is 0 Å². The first-order chi connectivity index (χ1) is 10.6. The van der Waals surface area contributed by atoms with Crippen LogP contribution >= 0.6 is 0 Å². The second kappa shape index (κ2) is 6.57. The average molecular weight is 293 g/mol. The summed E-state index contributed by atoms with van der Waals surface area (Å²) in [7, 11) is 0. The van der Waals surface area contributed by atoms with Crippen LogP contribution in [0.1, 0.15) is 22.4 Å². The Morgan fingerprint density at radius 3 is 2.59 bits per heavy atom. The number of allylic oxidation sites excluding steroid dienone is 1. The summed E-state index contributed by atoms with van der Waals surface area (Å²) < 4.78 is 1.33. The molecule has 0 radical (unpaired) electrons. The van der Waals surface area contributed by atoms with Gasteiger partial charge < -0.3 is 10.8 Å². The lowest BCUT2D eigenvalue weighted by atomic mass is 10.1. The molecule has 0 aliphatic rings. The largest absolute Gasteiger partial charge is 0.394 e. The number of nitrogen functional groups attached to an aromatic ring is 1. The summed E-state index contributed by atoms with van der Waals surface area (Å²) in [6.45, 7) is 1.99. The summed E-state index contributed by atoms with van der Waals surface area (Å²) in [5, 5.41) is 31.8. The Morgan fingerprint density at radius 2 is 2.05 bits per heavy atom. The van der Waals surface area contributed by atoms with Gasteiger partial charge in [0.1, 0.15) is 29.2 Å². The zero-order chi connectivity index (χ0) is 16.1. The smallest absolute Gasteiger partial charge is 0.140 e. The fraction of sp³-hybridized carbons (Fsp3) is 0.188. The third-order valence-corrected chi connectivity index (χ3v) is 3.18. The van der Waals surface area contributed by atoms with Crippen molar-refractivity contribution < 1.29 is 5.11 Å². The maximum Gasteiger partial charge on any atom is 0.140 e. The van der Waals surface area contributed by atoms with Crippen molar-refractivity contribution in [3.8, 4) is 12.1 Å². The van der Waals surface area contributed by atoms with E-state index in [0.717, 1.165) is 11.1 Å². The summed E-state index contributed by atoms with van der Waals surface area (Å²) >= 11 is 0. The summed E-state index contributed by atoms with van der Waals surface area (Å²) in [5.74, 6) is 0.150. The Hall–Kier alpha value is -3.09. The number of hydrogen-bond acceptors (Lipinski definition) is 5. The highest BCUT2D eigenvalue weighted by Crippen LogP contribution is 2.24. The van der Waals surface area contributed by atoms with Gasteiger partial charge in [0, 0.05) is 0 Å². The molecule has 1 aromatic heterocycles. The van der Waals surface area contributed by atoms with Crippen LogP contribution in [0.15, 0.2) is 24.3 Å². The van der Waals surface area contributed by atoms with E-state index in [-0.39, 0.29) is 35.8 Å². The molecular weight excluding hydrogens is 278 g/mol. The minimum Gasteiger partial charge on any atom is -0.394 e. The fourth-order valence-electron chi connectivity index (χ4n) is 2.02. The highest BCUT2D eigenvalue weighted by atomic mass is 16.3. The number of aryl methyl sites for hydroxylation is 1. The maximum absolute atomic E-state index is 9.38. The molecule has 0 saturated heterocycles. The van der Waals surface area contributed by atoms with Crippen LogP contribution < -0.4 is 5.73 Å². The van der Waals surface area contributed by atoms with Crippen LogP contribution in [0.5, 0.6) is 0 Å². The molecule has 22 heavy (non-hydrogen) atoms. The van der Waals surface area contributed by atoms with Gasteiger partial charge >= 0.3 is 0 Å². The van der Waals surface area contributed by atoms with E-state index in [2.05, 4.69) is 11.2 Å². The van der Waals surface area contributed by atoms with Crippen molar-refractivity contribution in [1.29, 1.82) is 10.5 Å². The molecule has 2 aromatic rings. The summed E-state index contributed by atoms with van der Waals surface area (Å²) in [5.41, 5.74) is 8.42. The van der Waals surface area contributed by atoms with Crippen molar-refractivity contribution in [2.75, 3.05) is 12.3 Å². The van der Waals surface area contributed by atoms with E-state index < -0.39 is 0 Å². The molecule has 0 aliphatic carbocycles.